The van der Waals surface area contributed by atoms with Crippen LogP contribution in [0, 0.1) is 0 Å². The molecule has 0 fully saturated rings. The molecule has 2 aromatic heterocycles. The smallest absolute Gasteiger partial charge is 0.263 e. The van der Waals surface area contributed by atoms with Gasteiger partial charge in [-0.15, -0.1) is 0 Å². The van der Waals surface area contributed by atoms with Crippen LogP contribution in [0.5, 0.6) is 0 Å². The first-order valence-corrected chi connectivity index (χ1v) is 14.0. The summed E-state index contributed by atoms with van der Waals surface area (Å²) in [7, 11) is 0. The predicted molar refractivity (Wildman–Crippen MR) is 173 cm³/mol. The summed E-state index contributed by atoms with van der Waals surface area (Å²) in [6, 6.07) is 47.7. The minimum Gasteiger partial charge on any atom is -0.276 e. The van der Waals surface area contributed by atoms with E-state index in [1.165, 1.54) is 0 Å². The van der Waals surface area contributed by atoms with Gasteiger partial charge < -0.3 is 0 Å². The van der Waals surface area contributed by atoms with E-state index in [0.717, 1.165) is 55.1 Å². The summed E-state index contributed by atoms with van der Waals surface area (Å²) in [5, 5.41) is 5.42. The summed E-state index contributed by atoms with van der Waals surface area (Å²) in [4.78, 5) is 27.2. The number of para-hydroxylation sites is 2. The molecule has 4 nitrogen and oxygen atoms in total. The molecular formula is C38H24N2O2. The number of rotatable bonds is 3. The first-order chi connectivity index (χ1) is 20.7. The van der Waals surface area contributed by atoms with Gasteiger partial charge in [0, 0.05) is 32.9 Å². The molecule has 0 unspecified atom stereocenters. The lowest BCUT2D eigenvalue weighted by Crippen LogP contribution is -2.19. The molecule has 8 rings (SSSR count). The van der Waals surface area contributed by atoms with E-state index in [2.05, 4.69) is 12.1 Å². The topological polar surface area (TPSA) is 44.0 Å². The highest BCUT2D eigenvalue weighted by Gasteiger charge is 2.14. The molecule has 198 valence electrons. The zero-order valence-corrected chi connectivity index (χ0v) is 22.6. The van der Waals surface area contributed by atoms with Crippen LogP contribution in [0.25, 0.3) is 65.9 Å². The second-order valence-corrected chi connectivity index (χ2v) is 10.5. The number of hydrogen-bond donors (Lipinski definition) is 0. The first-order valence-electron chi connectivity index (χ1n) is 14.0. The molecule has 0 aliphatic heterocycles. The first kappa shape index (κ1) is 24.1. The van der Waals surface area contributed by atoms with Crippen LogP contribution in [0.3, 0.4) is 0 Å². The SMILES string of the molecule is O=c1c2ccccc2c2ccccc2n1-c1ccc(-c2ccc(-n3c(=O)c4ccccc4c4ccccc43)cc2)cc1. The molecule has 0 aliphatic carbocycles. The number of pyridine rings is 2. The van der Waals surface area contributed by atoms with Crippen molar-refractivity contribution in [1.82, 2.24) is 9.13 Å². The lowest BCUT2D eigenvalue weighted by Gasteiger charge is -2.15. The van der Waals surface area contributed by atoms with E-state index in [-0.39, 0.29) is 11.1 Å². The van der Waals surface area contributed by atoms with Crippen molar-refractivity contribution >= 4 is 43.4 Å². The zero-order chi connectivity index (χ0) is 28.2. The van der Waals surface area contributed by atoms with Crippen molar-refractivity contribution in [2.24, 2.45) is 0 Å². The second kappa shape index (κ2) is 9.43. The van der Waals surface area contributed by atoms with E-state index in [4.69, 9.17) is 0 Å². The third-order valence-electron chi connectivity index (χ3n) is 8.18. The zero-order valence-electron chi connectivity index (χ0n) is 22.6. The molecular weight excluding hydrogens is 516 g/mol. The molecule has 0 aliphatic rings. The van der Waals surface area contributed by atoms with Crippen molar-refractivity contribution in [1.29, 1.82) is 0 Å². The number of fused-ring (bicyclic) bond motifs is 6. The molecule has 0 saturated carbocycles. The molecule has 0 bridgehead atoms. The van der Waals surface area contributed by atoms with Crippen molar-refractivity contribution < 1.29 is 0 Å². The minimum absolute atomic E-state index is 0.0329. The summed E-state index contributed by atoms with van der Waals surface area (Å²) in [6.45, 7) is 0. The van der Waals surface area contributed by atoms with Crippen LogP contribution < -0.4 is 11.1 Å². The molecule has 0 N–H and O–H groups in total. The van der Waals surface area contributed by atoms with Crippen molar-refractivity contribution in [2.75, 3.05) is 0 Å². The van der Waals surface area contributed by atoms with Gasteiger partial charge in [-0.3, -0.25) is 18.7 Å². The standard InChI is InChI=1S/C38H24N2O2/c41-37-33-13-3-1-9-29(33)31-11-5-7-15-35(31)39(37)27-21-17-25(18-22-27)26-19-23-28(24-20-26)40-36-16-8-6-12-32(36)30-10-2-4-14-34(30)38(40)42/h1-24H. The summed E-state index contributed by atoms with van der Waals surface area (Å²) >= 11 is 0. The highest BCUT2D eigenvalue weighted by Crippen LogP contribution is 2.29. The number of benzene rings is 6. The Hall–Kier alpha value is -5.74. The lowest BCUT2D eigenvalue weighted by molar-refractivity contribution is 1.06. The Morgan fingerprint density at radius 1 is 0.310 bits per heavy atom. The van der Waals surface area contributed by atoms with E-state index < -0.39 is 0 Å². The Bertz CT molecular complexity index is 2260. The molecule has 2 heterocycles. The Morgan fingerprint density at radius 3 is 1.00 bits per heavy atom. The predicted octanol–water partition coefficient (Wildman–Crippen LogP) is 8.27. The van der Waals surface area contributed by atoms with Crippen molar-refractivity contribution in [3.63, 3.8) is 0 Å². The fraction of sp³-hybridized carbons (Fsp3) is 0. The van der Waals surface area contributed by atoms with E-state index in [9.17, 15) is 9.59 Å². The molecule has 42 heavy (non-hydrogen) atoms. The summed E-state index contributed by atoms with van der Waals surface area (Å²) < 4.78 is 3.59. The Kier molecular flexibility index (Phi) is 5.41. The molecule has 0 spiro atoms. The monoisotopic (exact) mass is 540 g/mol. The van der Waals surface area contributed by atoms with Gasteiger partial charge in [0.1, 0.15) is 0 Å². The van der Waals surface area contributed by atoms with E-state index in [1.807, 2.05) is 133 Å². The normalized spacial score (nSPS) is 11.5. The van der Waals surface area contributed by atoms with E-state index >= 15 is 0 Å². The summed E-state index contributed by atoms with van der Waals surface area (Å²) in [6.07, 6.45) is 0. The average molecular weight is 541 g/mol. The van der Waals surface area contributed by atoms with Gasteiger partial charge in [0.25, 0.3) is 11.1 Å². The van der Waals surface area contributed by atoms with Crippen LogP contribution in [0.2, 0.25) is 0 Å². The minimum atomic E-state index is -0.0329. The molecule has 0 saturated heterocycles. The van der Waals surface area contributed by atoms with Crippen molar-refractivity contribution in [2.45, 2.75) is 0 Å². The third-order valence-corrected chi connectivity index (χ3v) is 8.18. The lowest BCUT2D eigenvalue weighted by atomic mass is 10.0. The van der Waals surface area contributed by atoms with Crippen LogP contribution in [0.1, 0.15) is 0 Å². The van der Waals surface area contributed by atoms with E-state index in [0.29, 0.717) is 10.8 Å². The Labute approximate surface area is 241 Å². The van der Waals surface area contributed by atoms with Crippen LogP contribution in [0.4, 0.5) is 0 Å². The summed E-state index contributed by atoms with van der Waals surface area (Å²) in [5.41, 5.74) is 5.38. The quantitative estimate of drug-likeness (QED) is 0.212. The van der Waals surface area contributed by atoms with Crippen LogP contribution in [-0.4, -0.2) is 9.13 Å². The van der Waals surface area contributed by atoms with Gasteiger partial charge in [-0.25, -0.2) is 0 Å². The van der Waals surface area contributed by atoms with Crippen LogP contribution >= 0.6 is 0 Å². The fourth-order valence-corrected chi connectivity index (χ4v) is 6.18. The van der Waals surface area contributed by atoms with Gasteiger partial charge in [0.15, 0.2) is 0 Å². The molecule has 0 amide bonds. The van der Waals surface area contributed by atoms with Crippen LogP contribution in [-0.2, 0) is 0 Å². The van der Waals surface area contributed by atoms with Gasteiger partial charge in [-0.1, -0.05) is 97.1 Å². The number of hydrogen-bond acceptors (Lipinski definition) is 2. The highest BCUT2D eigenvalue weighted by molar-refractivity contribution is 6.07. The van der Waals surface area contributed by atoms with Gasteiger partial charge in [0.2, 0.25) is 0 Å². The largest absolute Gasteiger partial charge is 0.276 e. The highest BCUT2D eigenvalue weighted by atomic mass is 16.1. The number of nitrogens with zero attached hydrogens (tertiary/aromatic N) is 2. The van der Waals surface area contributed by atoms with Gasteiger partial charge in [-0.05, 0) is 70.4 Å². The van der Waals surface area contributed by atoms with Crippen LogP contribution in [0.15, 0.2) is 155 Å². The van der Waals surface area contributed by atoms with Crippen molar-refractivity contribution in [3.8, 4) is 22.5 Å². The molecule has 8 aromatic rings. The maximum Gasteiger partial charge on any atom is 0.263 e. The van der Waals surface area contributed by atoms with Gasteiger partial charge in [-0.2, -0.15) is 0 Å². The number of aromatic nitrogens is 2. The third kappa shape index (κ3) is 3.62. The molecule has 0 radical (unpaired) electrons. The maximum absolute atomic E-state index is 13.6. The second-order valence-electron chi connectivity index (χ2n) is 10.5. The maximum atomic E-state index is 13.6. The molecule has 0 atom stereocenters. The molecule has 4 heteroatoms. The van der Waals surface area contributed by atoms with E-state index in [1.54, 1.807) is 9.13 Å². The Morgan fingerprint density at radius 2 is 0.619 bits per heavy atom. The summed E-state index contributed by atoms with van der Waals surface area (Å²) in [5.74, 6) is 0. The average Bonchev–Trinajstić information content (AvgIpc) is 3.06. The fourth-order valence-electron chi connectivity index (χ4n) is 6.18. The van der Waals surface area contributed by atoms with Crippen molar-refractivity contribution in [3.05, 3.63) is 166 Å². The van der Waals surface area contributed by atoms with Gasteiger partial charge in [0.05, 0.1) is 11.0 Å². The van der Waals surface area contributed by atoms with Gasteiger partial charge >= 0.3 is 0 Å². The molecule has 6 aromatic carbocycles. The Balaban J connectivity index is 1.21.